The molecule has 1 atom stereocenters. The fraction of sp³-hybridized carbons (Fsp3) is 0.438. The molecule has 124 valence electrons. The molecule has 7 heteroatoms. The molecule has 0 spiro atoms. The third-order valence-corrected chi connectivity index (χ3v) is 3.53. The molecule has 2 amide bonds. The van der Waals surface area contributed by atoms with Gasteiger partial charge in [0, 0.05) is 13.1 Å². The Morgan fingerprint density at radius 1 is 1.17 bits per heavy atom. The van der Waals surface area contributed by atoms with Gasteiger partial charge in [0.05, 0.1) is 6.42 Å². The van der Waals surface area contributed by atoms with Gasteiger partial charge in [-0.25, -0.2) is 14.8 Å². The molecule has 1 heterocycles. The van der Waals surface area contributed by atoms with Crippen LogP contribution in [0.1, 0.15) is 25.3 Å². The normalized spacial score (nSPS) is 15.4. The van der Waals surface area contributed by atoms with Crippen molar-refractivity contribution in [3.05, 3.63) is 35.9 Å². The van der Waals surface area contributed by atoms with Crippen molar-refractivity contribution < 1.29 is 24.2 Å². The van der Waals surface area contributed by atoms with E-state index >= 15 is 0 Å². The van der Waals surface area contributed by atoms with Gasteiger partial charge in [0.15, 0.2) is 5.78 Å². The van der Waals surface area contributed by atoms with Crippen LogP contribution in [0.15, 0.2) is 30.3 Å². The Kier molecular flexibility index (Phi) is 5.70. The van der Waals surface area contributed by atoms with Gasteiger partial charge in [0.25, 0.3) is 0 Å². The first-order valence-electron chi connectivity index (χ1n) is 7.48. The predicted octanol–water partition coefficient (Wildman–Crippen LogP) is 1.11. The summed E-state index contributed by atoms with van der Waals surface area (Å²) in [6, 6.07) is 9.22. The van der Waals surface area contributed by atoms with Crippen molar-refractivity contribution in [2.75, 3.05) is 13.1 Å². The lowest BCUT2D eigenvalue weighted by Crippen LogP contribution is -2.46. The van der Waals surface area contributed by atoms with Crippen LogP contribution in [-0.4, -0.2) is 52.1 Å². The quantitative estimate of drug-likeness (QED) is 0.821. The standard InChI is InChI=1S/C16H20N2O5/c1-12(19)14(20)10-15(21)17-8-5-9-18(17)16(22)23-11-13-6-3-2-4-7-13/h2-4,6-7,12,19H,5,8-11H2,1H3. The fourth-order valence-electron chi connectivity index (χ4n) is 2.24. The highest BCUT2D eigenvalue weighted by Crippen LogP contribution is 2.15. The van der Waals surface area contributed by atoms with E-state index < -0.39 is 30.3 Å². The molecule has 1 aliphatic rings. The number of amides is 2. The first-order chi connectivity index (χ1) is 11.0. The molecular weight excluding hydrogens is 300 g/mol. The van der Waals surface area contributed by atoms with E-state index in [0.717, 1.165) is 5.56 Å². The van der Waals surface area contributed by atoms with Gasteiger partial charge in [-0.05, 0) is 18.9 Å². The number of ether oxygens (including phenoxy) is 1. The number of carbonyl (C=O) groups is 3. The zero-order chi connectivity index (χ0) is 16.8. The van der Waals surface area contributed by atoms with E-state index in [2.05, 4.69) is 0 Å². The molecule has 0 aliphatic carbocycles. The van der Waals surface area contributed by atoms with E-state index in [1.54, 1.807) is 0 Å². The maximum absolute atomic E-state index is 12.1. The Labute approximate surface area is 134 Å². The van der Waals surface area contributed by atoms with Crippen molar-refractivity contribution in [1.82, 2.24) is 10.0 Å². The van der Waals surface area contributed by atoms with Crippen LogP contribution in [0.25, 0.3) is 0 Å². The minimum absolute atomic E-state index is 0.116. The number of Topliss-reactive ketones (excluding diaryl/α,β-unsaturated/α-hetero) is 1. The van der Waals surface area contributed by atoms with Crippen LogP contribution in [0.2, 0.25) is 0 Å². The predicted molar refractivity (Wildman–Crippen MR) is 81.0 cm³/mol. The highest BCUT2D eigenvalue weighted by Gasteiger charge is 2.33. The summed E-state index contributed by atoms with van der Waals surface area (Å²) in [6.45, 7) is 2.14. The number of nitrogens with zero attached hydrogens (tertiary/aromatic N) is 2. The number of rotatable bonds is 5. The molecule has 1 aliphatic heterocycles. The first kappa shape index (κ1) is 17.0. The molecular formula is C16H20N2O5. The van der Waals surface area contributed by atoms with Crippen molar-refractivity contribution in [3.63, 3.8) is 0 Å². The molecule has 1 unspecified atom stereocenters. The fourth-order valence-corrected chi connectivity index (χ4v) is 2.24. The van der Waals surface area contributed by atoms with Gasteiger partial charge in [0.1, 0.15) is 12.7 Å². The minimum atomic E-state index is -1.19. The zero-order valence-electron chi connectivity index (χ0n) is 13.0. The third kappa shape index (κ3) is 4.53. The highest BCUT2D eigenvalue weighted by atomic mass is 16.6. The number of hydrogen-bond donors (Lipinski definition) is 1. The highest BCUT2D eigenvalue weighted by molar-refractivity contribution is 6.00. The Balaban J connectivity index is 1.91. The van der Waals surface area contributed by atoms with E-state index in [-0.39, 0.29) is 6.61 Å². The van der Waals surface area contributed by atoms with Gasteiger partial charge in [-0.3, -0.25) is 9.59 Å². The van der Waals surface area contributed by atoms with Gasteiger partial charge >= 0.3 is 6.09 Å². The van der Waals surface area contributed by atoms with Crippen LogP contribution >= 0.6 is 0 Å². The number of benzene rings is 1. The molecule has 7 nitrogen and oxygen atoms in total. The molecule has 1 aromatic rings. The lowest BCUT2D eigenvalue weighted by molar-refractivity contribution is -0.146. The molecule has 1 fully saturated rings. The Hall–Kier alpha value is -2.41. The number of aliphatic hydroxyl groups is 1. The summed E-state index contributed by atoms with van der Waals surface area (Å²) in [5.74, 6) is -1.08. The van der Waals surface area contributed by atoms with E-state index in [1.165, 1.54) is 16.9 Å². The summed E-state index contributed by atoms with van der Waals surface area (Å²) < 4.78 is 5.20. The summed E-state index contributed by atoms with van der Waals surface area (Å²) in [7, 11) is 0. The molecule has 0 radical (unpaired) electrons. The van der Waals surface area contributed by atoms with E-state index in [9.17, 15) is 19.5 Å². The molecule has 1 aromatic carbocycles. The largest absolute Gasteiger partial charge is 0.443 e. The van der Waals surface area contributed by atoms with Crippen LogP contribution in [0, 0.1) is 0 Å². The number of hydrogen-bond acceptors (Lipinski definition) is 5. The number of carbonyl (C=O) groups excluding carboxylic acids is 3. The van der Waals surface area contributed by atoms with E-state index in [0.29, 0.717) is 19.5 Å². The zero-order valence-corrected chi connectivity index (χ0v) is 13.0. The number of aliphatic hydroxyl groups excluding tert-OH is 1. The maximum Gasteiger partial charge on any atom is 0.429 e. The minimum Gasteiger partial charge on any atom is -0.443 e. The monoisotopic (exact) mass is 320 g/mol. The van der Waals surface area contributed by atoms with Crippen molar-refractivity contribution in [1.29, 1.82) is 0 Å². The maximum atomic E-state index is 12.1. The van der Waals surface area contributed by atoms with Crippen molar-refractivity contribution >= 4 is 17.8 Å². The molecule has 1 N–H and O–H groups in total. The number of ketones is 1. The molecule has 1 saturated heterocycles. The van der Waals surface area contributed by atoms with Crippen molar-refractivity contribution in [2.45, 2.75) is 32.5 Å². The SMILES string of the molecule is CC(O)C(=O)CC(=O)N1CCCN1C(=O)OCc1ccccc1. The van der Waals surface area contributed by atoms with Crippen molar-refractivity contribution in [3.8, 4) is 0 Å². The van der Waals surface area contributed by atoms with Crippen LogP contribution in [0.4, 0.5) is 4.79 Å². The second kappa shape index (κ2) is 7.73. The third-order valence-electron chi connectivity index (χ3n) is 3.53. The molecule has 0 bridgehead atoms. The first-order valence-corrected chi connectivity index (χ1v) is 7.48. The smallest absolute Gasteiger partial charge is 0.429 e. The van der Waals surface area contributed by atoms with Gasteiger partial charge < -0.3 is 9.84 Å². The lowest BCUT2D eigenvalue weighted by atomic mass is 10.2. The summed E-state index contributed by atoms with van der Waals surface area (Å²) in [5, 5.41) is 11.6. The molecule has 23 heavy (non-hydrogen) atoms. The van der Waals surface area contributed by atoms with E-state index in [4.69, 9.17) is 4.74 Å². The van der Waals surface area contributed by atoms with Crippen molar-refractivity contribution in [2.24, 2.45) is 0 Å². The van der Waals surface area contributed by atoms with E-state index in [1.807, 2.05) is 30.3 Å². The summed E-state index contributed by atoms with van der Waals surface area (Å²) in [5.41, 5.74) is 0.849. The molecule has 2 rings (SSSR count). The van der Waals surface area contributed by atoms with Crippen LogP contribution in [0.5, 0.6) is 0 Å². The van der Waals surface area contributed by atoms with Crippen LogP contribution < -0.4 is 0 Å². The summed E-state index contributed by atoms with van der Waals surface area (Å²) >= 11 is 0. The number of hydrazine groups is 1. The summed E-state index contributed by atoms with van der Waals surface area (Å²) in [6.07, 6.45) is -1.63. The van der Waals surface area contributed by atoms with Gasteiger partial charge in [0.2, 0.25) is 5.91 Å². The lowest BCUT2D eigenvalue weighted by Gasteiger charge is -2.27. The van der Waals surface area contributed by atoms with Crippen LogP contribution in [0.3, 0.4) is 0 Å². The average molecular weight is 320 g/mol. The Bertz CT molecular complexity index is 573. The second-order valence-corrected chi connectivity index (χ2v) is 5.35. The Morgan fingerprint density at radius 2 is 1.83 bits per heavy atom. The topological polar surface area (TPSA) is 87.2 Å². The van der Waals surface area contributed by atoms with Crippen LogP contribution in [-0.2, 0) is 20.9 Å². The second-order valence-electron chi connectivity index (χ2n) is 5.35. The van der Waals surface area contributed by atoms with Gasteiger partial charge in [-0.15, -0.1) is 0 Å². The Morgan fingerprint density at radius 3 is 2.48 bits per heavy atom. The van der Waals surface area contributed by atoms with Gasteiger partial charge in [-0.2, -0.15) is 0 Å². The summed E-state index contributed by atoms with van der Waals surface area (Å²) in [4.78, 5) is 35.7. The molecule has 0 aromatic heterocycles. The van der Waals surface area contributed by atoms with Gasteiger partial charge in [-0.1, -0.05) is 30.3 Å². The average Bonchev–Trinajstić information content (AvgIpc) is 3.03. The molecule has 0 saturated carbocycles.